The zero-order chi connectivity index (χ0) is 4.91. The van der Waals surface area contributed by atoms with Crippen LogP contribution in [0.2, 0.25) is 0 Å². The number of hydrogen-bond acceptors (Lipinski definition) is 2. The second-order valence-corrected chi connectivity index (χ2v) is 2.69. The number of nitroso groups, excluding NO2 is 1. The molecule has 0 heterocycles. The van der Waals surface area contributed by atoms with E-state index in [2.05, 4.69) is 5.18 Å². The molecule has 0 amide bonds. The molecular weight excluding hydrogens is 90.1 g/mol. The van der Waals surface area contributed by atoms with Crippen molar-refractivity contribution in [1.29, 1.82) is 0 Å². The quantitative estimate of drug-likeness (QED) is 0.453. The van der Waals surface area contributed by atoms with Gasteiger partial charge in [-0.1, -0.05) is 5.18 Å². The van der Waals surface area contributed by atoms with Crippen LogP contribution < -0.4 is 0 Å². The first kappa shape index (κ1) is 3.58. The van der Waals surface area contributed by atoms with Gasteiger partial charge in [-0.2, -0.15) is 4.91 Å². The Labute approximate surface area is 41.9 Å². The van der Waals surface area contributed by atoms with Gasteiger partial charge in [0.2, 0.25) is 0 Å². The van der Waals surface area contributed by atoms with Gasteiger partial charge in [0, 0.05) is 0 Å². The molecule has 0 N–H and O–H groups in total. The molecule has 0 aromatic heterocycles. The van der Waals surface area contributed by atoms with Gasteiger partial charge in [0.05, 0.1) is 6.04 Å². The van der Waals surface area contributed by atoms with Crippen molar-refractivity contribution < 1.29 is 0 Å². The van der Waals surface area contributed by atoms with Crippen molar-refractivity contribution in [2.45, 2.75) is 25.3 Å². The highest BCUT2D eigenvalue weighted by Crippen LogP contribution is 2.67. The third-order valence-electron chi connectivity index (χ3n) is 2.17. The topological polar surface area (TPSA) is 29.4 Å². The summed E-state index contributed by atoms with van der Waals surface area (Å²) in [5.41, 5.74) is 0.488. The first-order valence-electron chi connectivity index (χ1n) is 2.70. The Morgan fingerprint density at radius 3 is 2.43 bits per heavy atom. The predicted molar refractivity (Wildman–Crippen MR) is 25.9 cm³/mol. The second kappa shape index (κ2) is 0.746. The Bertz CT molecular complexity index is 117. The Kier molecular flexibility index (Phi) is 0.382. The van der Waals surface area contributed by atoms with E-state index in [0.29, 0.717) is 5.41 Å². The molecule has 1 spiro atoms. The molecule has 2 aliphatic carbocycles. The van der Waals surface area contributed by atoms with Gasteiger partial charge in [0.1, 0.15) is 0 Å². The molecule has 0 saturated heterocycles. The average molecular weight is 97.1 g/mol. The lowest BCUT2D eigenvalue weighted by molar-refractivity contribution is 0.822. The smallest absolute Gasteiger partial charge is 0.0982 e. The van der Waals surface area contributed by atoms with Gasteiger partial charge in [-0.15, -0.1) is 0 Å². The van der Waals surface area contributed by atoms with Crippen LogP contribution in [0.1, 0.15) is 19.3 Å². The number of nitrogens with zero attached hydrogens (tertiary/aromatic N) is 1. The van der Waals surface area contributed by atoms with Crippen LogP contribution in [-0.4, -0.2) is 6.04 Å². The molecule has 2 saturated carbocycles. The molecule has 2 heteroatoms. The van der Waals surface area contributed by atoms with Crippen molar-refractivity contribution in [2.24, 2.45) is 10.6 Å². The molecular formula is C5H7NO. The molecule has 2 nitrogen and oxygen atoms in total. The molecule has 1 atom stereocenters. The lowest BCUT2D eigenvalue weighted by Crippen LogP contribution is -1.75. The van der Waals surface area contributed by atoms with Crippen LogP contribution in [0.15, 0.2) is 5.18 Å². The van der Waals surface area contributed by atoms with Crippen LogP contribution >= 0.6 is 0 Å². The first-order valence-corrected chi connectivity index (χ1v) is 2.70. The van der Waals surface area contributed by atoms with E-state index in [1.54, 1.807) is 0 Å². The average Bonchev–Trinajstić information content (AvgIpc) is 2.52. The Morgan fingerprint density at radius 1 is 1.57 bits per heavy atom. The summed E-state index contributed by atoms with van der Waals surface area (Å²) in [5.74, 6) is 0. The van der Waals surface area contributed by atoms with E-state index in [1.165, 1.54) is 12.8 Å². The molecule has 0 radical (unpaired) electrons. The standard InChI is InChI=1S/C5H7NO/c7-6-4-3-5(4)1-2-5/h4H,1-3H2. The summed E-state index contributed by atoms with van der Waals surface area (Å²) in [6, 6.07) is 0.229. The van der Waals surface area contributed by atoms with Crippen LogP contribution in [0.3, 0.4) is 0 Å². The van der Waals surface area contributed by atoms with E-state index in [1.807, 2.05) is 0 Å². The van der Waals surface area contributed by atoms with Crippen LogP contribution in [0, 0.1) is 10.3 Å². The minimum Gasteiger partial charge on any atom is -0.150 e. The summed E-state index contributed by atoms with van der Waals surface area (Å²) in [6.07, 6.45) is 3.63. The monoisotopic (exact) mass is 97.1 g/mol. The van der Waals surface area contributed by atoms with Gasteiger partial charge >= 0.3 is 0 Å². The summed E-state index contributed by atoms with van der Waals surface area (Å²) >= 11 is 0. The normalized spacial score (nSPS) is 40.9. The minimum atomic E-state index is 0.229. The molecule has 2 fully saturated rings. The highest BCUT2D eigenvalue weighted by atomic mass is 16.3. The fourth-order valence-electron chi connectivity index (χ4n) is 1.17. The maximum Gasteiger partial charge on any atom is 0.0982 e. The van der Waals surface area contributed by atoms with Crippen LogP contribution in [0.5, 0.6) is 0 Å². The van der Waals surface area contributed by atoms with Gasteiger partial charge in [0.15, 0.2) is 0 Å². The lowest BCUT2D eigenvalue weighted by Gasteiger charge is -1.71. The van der Waals surface area contributed by atoms with Crippen molar-refractivity contribution >= 4 is 0 Å². The molecule has 1 unspecified atom stereocenters. The molecule has 2 rings (SSSR count). The van der Waals surface area contributed by atoms with Crippen LogP contribution in [0.25, 0.3) is 0 Å². The van der Waals surface area contributed by atoms with E-state index < -0.39 is 0 Å². The zero-order valence-corrected chi connectivity index (χ0v) is 4.05. The van der Waals surface area contributed by atoms with Crippen LogP contribution in [0.4, 0.5) is 0 Å². The fourth-order valence-corrected chi connectivity index (χ4v) is 1.17. The summed E-state index contributed by atoms with van der Waals surface area (Å²) in [6.45, 7) is 0. The first-order chi connectivity index (χ1) is 3.37. The summed E-state index contributed by atoms with van der Waals surface area (Å²) in [7, 11) is 0. The molecule has 2 aliphatic rings. The predicted octanol–water partition coefficient (Wildman–Crippen LogP) is 1.31. The fraction of sp³-hybridized carbons (Fsp3) is 1.00. The van der Waals surface area contributed by atoms with Crippen molar-refractivity contribution in [2.75, 3.05) is 0 Å². The number of hydrogen-bond donors (Lipinski definition) is 0. The van der Waals surface area contributed by atoms with Gasteiger partial charge in [-0.05, 0) is 24.7 Å². The molecule has 38 valence electrons. The second-order valence-electron chi connectivity index (χ2n) is 2.69. The van der Waals surface area contributed by atoms with E-state index in [0.717, 1.165) is 6.42 Å². The molecule has 0 aromatic rings. The van der Waals surface area contributed by atoms with E-state index in [9.17, 15) is 4.91 Å². The van der Waals surface area contributed by atoms with Crippen molar-refractivity contribution in [3.05, 3.63) is 4.91 Å². The zero-order valence-electron chi connectivity index (χ0n) is 4.05. The number of rotatable bonds is 1. The lowest BCUT2D eigenvalue weighted by atomic mass is 10.4. The molecule has 0 aliphatic heterocycles. The van der Waals surface area contributed by atoms with Crippen molar-refractivity contribution in [1.82, 2.24) is 0 Å². The third-order valence-corrected chi connectivity index (χ3v) is 2.17. The summed E-state index contributed by atoms with van der Waals surface area (Å²) in [5, 5.41) is 2.97. The van der Waals surface area contributed by atoms with E-state index in [4.69, 9.17) is 0 Å². The largest absolute Gasteiger partial charge is 0.150 e. The molecule has 0 bridgehead atoms. The molecule has 7 heavy (non-hydrogen) atoms. The van der Waals surface area contributed by atoms with Gasteiger partial charge in [0.25, 0.3) is 0 Å². The summed E-state index contributed by atoms with van der Waals surface area (Å²) in [4.78, 5) is 9.77. The van der Waals surface area contributed by atoms with Crippen molar-refractivity contribution in [3.8, 4) is 0 Å². The Hall–Kier alpha value is -0.400. The maximum atomic E-state index is 9.77. The van der Waals surface area contributed by atoms with E-state index in [-0.39, 0.29) is 6.04 Å². The third kappa shape index (κ3) is 0.298. The highest BCUT2D eigenvalue weighted by molar-refractivity contribution is 5.16. The van der Waals surface area contributed by atoms with Gasteiger partial charge in [-0.25, -0.2) is 0 Å². The highest BCUT2D eigenvalue weighted by Gasteiger charge is 2.64. The summed E-state index contributed by atoms with van der Waals surface area (Å²) < 4.78 is 0. The maximum absolute atomic E-state index is 9.77. The van der Waals surface area contributed by atoms with Crippen LogP contribution in [-0.2, 0) is 0 Å². The van der Waals surface area contributed by atoms with Crippen molar-refractivity contribution in [3.63, 3.8) is 0 Å². The van der Waals surface area contributed by atoms with Gasteiger partial charge < -0.3 is 0 Å². The molecule has 0 aromatic carbocycles. The Balaban J connectivity index is 2.09. The van der Waals surface area contributed by atoms with Gasteiger partial charge in [-0.3, -0.25) is 0 Å². The SMILES string of the molecule is O=NC1CC12CC2. The Morgan fingerprint density at radius 2 is 2.29 bits per heavy atom. The van der Waals surface area contributed by atoms with E-state index >= 15 is 0 Å². The minimum absolute atomic E-state index is 0.229.